The molecule has 4 N–H and O–H groups in total. The maximum atomic E-state index is 12.0. The molecule has 9 nitrogen and oxygen atoms in total. The average molecular weight is 454 g/mol. The Bertz CT molecular complexity index is 908. The van der Waals surface area contributed by atoms with E-state index >= 15 is 0 Å². The maximum Gasteiger partial charge on any atom is 0.434 e. The number of hydrogen-bond acceptors (Lipinski definition) is 6. The van der Waals surface area contributed by atoms with Crippen LogP contribution in [0.2, 0.25) is 0 Å². The van der Waals surface area contributed by atoms with Gasteiger partial charge in [-0.2, -0.15) is 5.06 Å². The van der Waals surface area contributed by atoms with Crippen LogP contribution in [0.15, 0.2) is 24.3 Å². The number of hydroxylamine groups is 2. The second kappa shape index (κ2) is 12.3. The van der Waals surface area contributed by atoms with Crippen LogP contribution >= 0.6 is 24.4 Å². The van der Waals surface area contributed by atoms with Crippen molar-refractivity contribution in [1.82, 2.24) is 19.8 Å². The van der Waals surface area contributed by atoms with Gasteiger partial charge in [0.25, 0.3) is 5.91 Å². The molecular weight excluding hydrogens is 426 g/mol. The van der Waals surface area contributed by atoms with Crippen LogP contribution in [0, 0.1) is 9.54 Å². The van der Waals surface area contributed by atoms with E-state index in [4.69, 9.17) is 29.2 Å². The van der Waals surface area contributed by atoms with E-state index in [2.05, 4.69) is 22.4 Å². The van der Waals surface area contributed by atoms with Crippen molar-refractivity contribution in [2.75, 3.05) is 18.5 Å². The number of nitrogens with one attached hydrogen (secondary N) is 3. The van der Waals surface area contributed by atoms with Gasteiger partial charge in [-0.1, -0.05) is 39.0 Å². The SMILES string of the molecule is CCCCCCCCN(O)C(=O)OCC(=O)Nc1ccc(-n2c(=S)[nH][nH]c2=S)cc1. The number of aromatic nitrogens is 3. The fourth-order valence-corrected chi connectivity index (χ4v) is 3.32. The summed E-state index contributed by atoms with van der Waals surface area (Å²) in [6.07, 6.45) is 5.25. The quantitative estimate of drug-likeness (QED) is 0.169. The van der Waals surface area contributed by atoms with Crippen molar-refractivity contribution in [3.8, 4) is 5.69 Å². The van der Waals surface area contributed by atoms with E-state index in [1.54, 1.807) is 28.8 Å². The van der Waals surface area contributed by atoms with Gasteiger partial charge < -0.3 is 10.1 Å². The van der Waals surface area contributed by atoms with Gasteiger partial charge in [0.2, 0.25) is 0 Å². The molecule has 1 heterocycles. The van der Waals surface area contributed by atoms with Crippen LogP contribution in [0.25, 0.3) is 5.69 Å². The number of anilines is 1. The van der Waals surface area contributed by atoms with Crippen molar-refractivity contribution in [3.63, 3.8) is 0 Å². The first-order valence-electron chi connectivity index (χ1n) is 9.85. The second-order valence-electron chi connectivity index (χ2n) is 6.74. The highest BCUT2D eigenvalue weighted by Gasteiger charge is 2.14. The number of rotatable bonds is 11. The highest BCUT2D eigenvalue weighted by molar-refractivity contribution is 7.72. The second-order valence-corrected chi connectivity index (χ2v) is 7.51. The molecule has 0 aliphatic rings. The minimum absolute atomic E-state index is 0.179. The average Bonchev–Trinajstić information content (AvgIpc) is 3.07. The van der Waals surface area contributed by atoms with E-state index in [9.17, 15) is 14.8 Å². The molecule has 1 aromatic carbocycles. The van der Waals surface area contributed by atoms with E-state index in [0.29, 0.717) is 26.7 Å². The number of H-pyrrole nitrogens is 2. The van der Waals surface area contributed by atoms with Crippen molar-refractivity contribution in [2.24, 2.45) is 0 Å². The van der Waals surface area contributed by atoms with Crippen molar-refractivity contribution >= 4 is 42.1 Å². The lowest BCUT2D eigenvalue weighted by molar-refractivity contribution is -0.121. The lowest BCUT2D eigenvalue weighted by Gasteiger charge is -2.14. The number of aromatic amines is 2. The van der Waals surface area contributed by atoms with E-state index in [-0.39, 0.29) is 6.54 Å². The normalized spacial score (nSPS) is 10.6. The molecule has 0 saturated carbocycles. The lowest BCUT2D eigenvalue weighted by atomic mass is 10.1. The van der Waals surface area contributed by atoms with Crippen LogP contribution in [-0.2, 0) is 9.53 Å². The molecule has 2 aromatic rings. The molecule has 2 rings (SSSR count). The Labute approximate surface area is 185 Å². The lowest BCUT2D eigenvalue weighted by Crippen LogP contribution is -2.31. The first-order valence-corrected chi connectivity index (χ1v) is 10.7. The number of carbonyl (C=O) groups excluding carboxylic acids is 2. The number of ether oxygens (including phenoxy) is 1. The van der Waals surface area contributed by atoms with Gasteiger partial charge >= 0.3 is 6.09 Å². The summed E-state index contributed by atoms with van der Waals surface area (Å²) in [5.41, 5.74) is 1.25. The van der Waals surface area contributed by atoms with Crippen LogP contribution in [0.5, 0.6) is 0 Å². The van der Waals surface area contributed by atoms with Crippen LogP contribution < -0.4 is 5.32 Å². The summed E-state index contributed by atoms with van der Waals surface area (Å²) in [5.74, 6) is -0.514. The third-order valence-corrected chi connectivity index (χ3v) is 4.92. The number of carbonyl (C=O) groups is 2. The molecule has 164 valence electrons. The molecule has 30 heavy (non-hydrogen) atoms. The summed E-state index contributed by atoms with van der Waals surface area (Å²) >= 11 is 10.3. The molecule has 0 aliphatic carbocycles. The van der Waals surface area contributed by atoms with Crippen LogP contribution in [0.3, 0.4) is 0 Å². The Kier molecular flexibility index (Phi) is 9.71. The minimum atomic E-state index is -0.940. The summed E-state index contributed by atoms with van der Waals surface area (Å²) in [6, 6.07) is 6.83. The largest absolute Gasteiger partial charge is 0.438 e. The topological polar surface area (TPSA) is 115 Å². The zero-order chi connectivity index (χ0) is 21.9. The summed E-state index contributed by atoms with van der Waals surface area (Å²) in [4.78, 5) is 23.7. The number of nitrogens with zero attached hydrogens (tertiary/aromatic N) is 2. The molecule has 0 unspecified atom stereocenters. The van der Waals surface area contributed by atoms with E-state index in [0.717, 1.165) is 24.9 Å². The zero-order valence-electron chi connectivity index (χ0n) is 16.8. The summed E-state index contributed by atoms with van der Waals surface area (Å²) in [5, 5.41) is 18.3. The molecule has 0 saturated heterocycles. The van der Waals surface area contributed by atoms with Gasteiger partial charge in [-0.15, -0.1) is 0 Å². The number of benzene rings is 1. The molecule has 0 spiro atoms. The van der Waals surface area contributed by atoms with Gasteiger partial charge in [0, 0.05) is 5.69 Å². The van der Waals surface area contributed by atoms with E-state index in [1.807, 2.05) is 0 Å². The maximum absolute atomic E-state index is 12.0. The predicted octanol–water partition coefficient (Wildman–Crippen LogP) is 4.72. The molecule has 0 bridgehead atoms. The summed E-state index contributed by atoms with van der Waals surface area (Å²) in [7, 11) is 0. The smallest absolute Gasteiger partial charge is 0.434 e. The highest BCUT2D eigenvalue weighted by atomic mass is 32.1. The number of hydrogen-bond donors (Lipinski definition) is 4. The van der Waals surface area contributed by atoms with Crippen molar-refractivity contribution in [2.45, 2.75) is 45.4 Å². The first-order chi connectivity index (χ1) is 14.4. The van der Waals surface area contributed by atoms with Gasteiger partial charge in [0.1, 0.15) is 0 Å². The fourth-order valence-electron chi connectivity index (χ4n) is 2.77. The molecule has 0 radical (unpaired) electrons. The van der Waals surface area contributed by atoms with Gasteiger partial charge in [0.05, 0.1) is 12.2 Å². The van der Waals surface area contributed by atoms with Crippen LogP contribution in [0.1, 0.15) is 45.4 Å². The van der Waals surface area contributed by atoms with Gasteiger partial charge in [0.15, 0.2) is 16.1 Å². The molecular formula is C19H27N5O4S2. The molecule has 0 atom stereocenters. The summed E-state index contributed by atoms with van der Waals surface area (Å²) < 4.78 is 7.33. The zero-order valence-corrected chi connectivity index (χ0v) is 18.5. The molecule has 0 aliphatic heterocycles. The Morgan fingerprint density at radius 3 is 2.30 bits per heavy atom. The van der Waals surface area contributed by atoms with E-state index < -0.39 is 18.6 Å². The van der Waals surface area contributed by atoms with Crippen LogP contribution in [-0.4, -0.2) is 50.2 Å². The van der Waals surface area contributed by atoms with Gasteiger partial charge in [-0.25, -0.2) is 4.79 Å². The Hall–Kier alpha value is -2.50. The third-order valence-electron chi connectivity index (χ3n) is 4.35. The van der Waals surface area contributed by atoms with Crippen molar-refractivity contribution in [1.29, 1.82) is 0 Å². The van der Waals surface area contributed by atoms with Gasteiger partial charge in [-0.05, 0) is 55.1 Å². The van der Waals surface area contributed by atoms with Crippen molar-refractivity contribution in [3.05, 3.63) is 33.8 Å². The van der Waals surface area contributed by atoms with Crippen molar-refractivity contribution < 1.29 is 19.5 Å². The third kappa shape index (κ3) is 7.39. The Balaban J connectivity index is 1.73. The minimum Gasteiger partial charge on any atom is -0.438 e. The summed E-state index contributed by atoms with van der Waals surface area (Å²) in [6.45, 7) is 1.83. The Morgan fingerprint density at radius 1 is 1.07 bits per heavy atom. The molecule has 1 aromatic heterocycles. The predicted molar refractivity (Wildman–Crippen MR) is 118 cm³/mol. The highest BCUT2D eigenvalue weighted by Crippen LogP contribution is 2.14. The molecule has 11 heteroatoms. The molecule has 0 fully saturated rings. The number of amides is 2. The standard InChI is InChI=1S/C19H27N5O4S2/c1-2-3-4-5-6-7-12-23(27)19(26)28-13-16(25)20-14-8-10-15(11-9-14)24-17(29)21-22-18(24)30/h8-11,27H,2-7,12-13H2,1H3,(H,20,25)(H,21,29)(H,22,30). The molecule has 2 amide bonds. The van der Waals surface area contributed by atoms with E-state index in [1.165, 1.54) is 12.8 Å². The fraction of sp³-hybridized carbons (Fsp3) is 0.474. The Morgan fingerprint density at radius 2 is 1.67 bits per heavy atom. The number of unbranched alkanes of at least 4 members (excludes halogenated alkanes) is 5. The monoisotopic (exact) mass is 453 g/mol. The first kappa shape index (κ1) is 23.8. The van der Waals surface area contributed by atoms with Gasteiger partial charge in [-0.3, -0.25) is 24.8 Å². The van der Waals surface area contributed by atoms with Crippen LogP contribution in [0.4, 0.5) is 10.5 Å².